The van der Waals surface area contributed by atoms with Gasteiger partial charge in [0.1, 0.15) is 0 Å². The molecule has 0 spiro atoms. The molecule has 0 atom stereocenters. The summed E-state index contributed by atoms with van der Waals surface area (Å²) in [5, 5.41) is 0. The van der Waals surface area contributed by atoms with Crippen LogP contribution in [0.25, 0.3) is 0 Å². The van der Waals surface area contributed by atoms with Gasteiger partial charge in [0.2, 0.25) is 0 Å². The van der Waals surface area contributed by atoms with Gasteiger partial charge >= 0.3 is 103 Å². The van der Waals surface area contributed by atoms with Crippen LogP contribution in [0.15, 0.2) is 0 Å². The van der Waals surface area contributed by atoms with E-state index in [1.165, 1.54) is 0 Å². The summed E-state index contributed by atoms with van der Waals surface area (Å²) in [7, 11) is 0. The molecule has 0 saturated carbocycles. The van der Waals surface area contributed by atoms with E-state index in [2.05, 4.69) is 0 Å². The van der Waals surface area contributed by atoms with Crippen molar-refractivity contribution in [3.05, 3.63) is 6.42 Å². The summed E-state index contributed by atoms with van der Waals surface area (Å²) in [5.74, 6) is 0. The molecule has 0 saturated heterocycles. The minimum atomic E-state index is 0. The van der Waals surface area contributed by atoms with Gasteiger partial charge in [0.25, 0.3) is 0 Å². The Balaban J connectivity index is -0.0000000200. The Labute approximate surface area is 119 Å². The van der Waals surface area contributed by atoms with Crippen LogP contribution in [0.2, 0.25) is 0 Å². The van der Waals surface area contributed by atoms with Gasteiger partial charge in [-0.25, -0.2) is 0 Å². The molecule has 0 aliphatic carbocycles. The van der Waals surface area contributed by atoms with E-state index >= 15 is 0 Å². The fraction of sp³-hybridized carbons (Fsp3) is 0.667. The Morgan fingerprint density at radius 2 is 1.00 bits per heavy atom. The first-order valence-electron chi connectivity index (χ1n) is 1.15. The van der Waals surface area contributed by atoms with Crippen molar-refractivity contribution in [2.24, 2.45) is 0 Å². The van der Waals surface area contributed by atoms with E-state index in [1.807, 2.05) is 20.3 Å². The van der Waals surface area contributed by atoms with Crippen LogP contribution in [0, 0.1) is 6.42 Å². The van der Waals surface area contributed by atoms with E-state index in [9.17, 15) is 0 Å². The molecule has 0 bridgehead atoms. The van der Waals surface area contributed by atoms with Crippen molar-refractivity contribution in [3.8, 4) is 0 Å². The molecule has 0 heterocycles. The van der Waals surface area contributed by atoms with Crippen molar-refractivity contribution in [1.29, 1.82) is 0 Å². The second kappa shape index (κ2) is 15.7. The van der Waals surface area contributed by atoms with Gasteiger partial charge in [-0.15, -0.1) is 0 Å². The van der Waals surface area contributed by atoms with Crippen LogP contribution in [0.5, 0.6) is 0 Å². The van der Waals surface area contributed by atoms with Crippen molar-refractivity contribution in [3.63, 3.8) is 0 Å². The molecule has 0 aromatic rings. The number of hydrogen-bond donors (Lipinski definition) is 0. The van der Waals surface area contributed by atoms with Crippen LogP contribution >= 0.6 is 0 Å². The van der Waals surface area contributed by atoms with E-state index in [-0.39, 0.29) is 103 Å². The molecule has 0 aromatic heterocycles. The van der Waals surface area contributed by atoms with Crippen molar-refractivity contribution >= 4 is 0 Å². The molecule has 0 radical (unpaired) electrons. The average Bonchev–Trinajstić information content (AvgIpc) is 0.918. The SMILES string of the molecule is C[CH-]C.[K+].[K+]. The predicted molar refractivity (Wildman–Crippen MR) is 15.6 cm³/mol. The van der Waals surface area contributed by atoms with Crippen LogP contribution in [0.3, 0.4) is 0 Å². The summed E-state index contributed by atoms with van der Waals surface area (Å²) in [5.41, 5.74) is 0. The third kappa shape index (κ3) is 18.9. The zero-order valence-corrected chi connectivity index (χ0v) is 10.8. The minimum Gasteiger partial charge on any atom is -0.335 e. The molecule has 0 N–H and O–H groups in total. The maximum Gasteiger partial charge on any atom is 1.00 e. The molecular formula is C3H7K2+. The minimum absolute atomic E-state index is 0. The van der Waals surface area contributed by atoms with Crippen molar-refractivity contribution in [1.82, 2.24) is 0 Å². The summed E-state index contributed by atoms with van der Waals surface area (Å²) in [6, 6.07) is 0. The summed E-state index contributed by atoms with van der Waals surface area (Å²) in [6.07, 6.45) is 2.00. The topological polar surface area (TPSA) is 0 Å². The normalized spacial score (nSPS) is 3.60. The maximum atomic E-state index is 2.00. The smallest absolute Gasteiger partial charge is 0.335 e. The Kier molecular flexibility index (Phi) is 49.3. The van der Waals surface area contributed by atoms with Gasteiger partial charge in [-0.1, -0.05) is 0 Å². The van der Waals surface area contributed by atoms with Gasteiger partial charge in [0, 0.05) is 0 Å². The quantitative estimate of drug-likeness (QED) is 0.223. The van der Waals surface area contributed by atoms with Gasteiger partial charge in [-0.05, 0) is 0 Å². The van der Waals surface area contributed by atoms with Gasteiger partial charge in [0.05, 0.1) is 0 Å². The summed E-state index contributed by atoms with van der Waals surface area (Å²) in [4.78, 5) is 0. The van der Waals surface area contributed by atoms with Gasteiger partial charge in [0.15, 0.2) is 0 Å². The maximum absolute atomic E-state index is 2.00. The first-order valence-corrected chi connectivity index (χ1v) is 1.15. The molecule has 0 aliphatic rings. The second-order valence-electron chi connectivity index (χ2n) is 0.577. The molecule has 0 amide bonds. The Morgan fingerprint density at radius 1 is 1.00 bits per heavy atom. The Hall–Kier alpha value is 3.27. The van der Waals surface area contributed by atoms with Gasteiger partial charge in [-0.2, -0.15) is 13.8 Å². The van der Waals surface area contributed by atoms with Crippen LogP contribution in [-0.4, -0.2) is 0 Å². The van der Waals surface area contributed by atoms with Crippen LogP contribution in [-0.2, 0) is 0 Å². The zero-order valence-electron chi connectivity index (χ0n) is 4.58. The zero-order chi connectivity index (χ0) is 2.71. The summed E-state index contributed by atoms with van der Waals surface area (Å²) < 4.78 is 0. The third-order valence-corrected chi connectivity index (χ3v) is 0. The number of hydrogen-bond acceptors (Lipinski definition) is 0. The van der Waals surface area contributed by atoms with E-state index < -0.39 is 0 Å². The van der Waals surface area contributed by atoms with Gasteiger partial charge in [-0.3, -0.25) is 0 Å². The molecule has 0 aliphatic heterocycles. The summed E-state index contributed by atoms with van der Waals surface area (Å²) in [6.45, 7) is 4.00. The van der Waals surface area contributed by atoms with Gasteiger partial charge < -0.3 is 6.42 Å². The Bertz CT molecular complexity index is 4.85. The molecule has 2 heteroatoms. The molecule has 0 nitrogen and oxygen atoms in total. The molecule has 20 valence electrons. The molecule has 5 heavy (non-hydrogen) atoms. The van der Waals surface area contributed by atoms with Crippen molar-refractivity contribution in [2.45, 2.75) is 13.8 Å². The fourth-order valence-corrected chi connectivity index (χ4v) is 0. The molecule has 0 aromatic carbocycles. The first-order chi connectivity index (χ1) is 1.41. The number of rotatable bonds is 0. The molecule has 0 rings (SSSR count). The van der Waals surface area contributed by atoms with Crippen molar-refractivity contribution < 1.29 is 103 Å². The monoisotopic (exact) mass is 121 g/mol. The van der Waals surface area contributed by atoms with Crippen LogP contribution in [0.1, 0.15) is 13.8 Å². The largest absolute Gasteiger partial charge is 1.00 e. The van der Waals surface area contributed by atoms with Crippen molar-refractivity contribution in [2.75, 3.05) is 0 Å². The average molecular weight is 121 g/mol. The van der Waals surface area contributed by atoms with E-state index in [4.69, 9.17) is 0 Å². The molecule has 0 fully saturated rings. The standard InChI is InChI=1S/C3H7.2K/c1-3-2;;/h3H,1-2H3;;/q-1;2*+1. The fourth-order valence-electron chi connectivity index (χ4n) is 0. The molecular weight excluding hydrogens is 114 g/mol. The van der Waals surface area contributed by atoms with E-state index in [0.717, 1.165) is 0 Å². The summed E-state index contributed by atoms with van der Waals surface area (Å²) >= 11 is 0. The predicted octanol–water partition coefficient (Wildman–Crippen LogP) is -4.76. The van der Waals surface area contributed by atoms with E-state index in [0.29, 0.717) is 0 Å². The first kappa shape index (κ1) is 15.7. The Morgan fingerprint density at radius 3 is 1.00 bits per heavy atom. The van der Waals surface area contributed by atoms with Crippen LogP contribution in [0.4, 0.5) is 0 Å². The van der Waals surface area contributed by atoms with E-state index in [1.54, 1.807) is 0 Å². The third-order valence-electron chi connectivity index (χ3n) is 0. The van der Waals surface area contributed by atoms with Crippen LogP contribution < -0.4 is 103 Å². The molecule has 0 unspecified atom stereocenters. The second-order valence-corrected chi connectivity index (χ2v) is 0.577.